The molecular formula is C17H14ClN3OS. The highest BCUT2D eigenvalue weighted by atomic mass is 35.5. The predicted octanol–water partition coefficient (Wildman–Crippen LogP) is 5.05. The molecule has 3 heterocycles. The van der Waals surface area contributed by atoms with Gasteiger partial charge in [0.2, 0.25) is 0 Å². The Balaban J connectivity index is 1.90. The van der Waals surface area contributed by atoms with Crippen molar-refractivity contribution < 1.29 is 4.74 Å². The summed E-state index contributed by atoms with van der Waals surface area (Å²) in [6, 6.07) is 11.9. The van der Waals surface area contributed by atoms with E-state index in [-0.39, 0.29) is 6.10 Å². The van der Waals surface area contributed by atoms with Gasteiger partial charge in [0.05, 0.1) is 21.9 Å². The number of hydrogen-bond donors (Lipinski definition) is 0. The van der Waals surface area contributed by atoms with Gasteiger partial charge in [-0.1, -0.05) is 23.7 Å². The number of hydrogen-bond acceptors (Lipinski definition) is 4. The van der Waals surface area contributed by atoms with Crippen LogP contribution in [-0.4, -0.2) is 20.7 Å². The maximum Gasteiger partial charge on any atom is 0.154 e. The molecule has 0 bridgehead atoms. The third-order valence-corrected chi connectivity index (χ3v) is 4.84. The Morgan fingerprint density at radius 2 is 2.09 bits per heavy atom. The molecule has 0 amide bonds. The van der Waals surface area contributed by atoms with Crippen LogP contribution in [-0.2, 0) is 0 Å². The van der Waals surface area contributed by atoms with Crippen LogP contribution in [0.25, 0.3) is 26.3 Å². The highest BCUT2D eigenvalue weighted by Gasteiger charge is 2.13. The second-order valence-corrected chi connectivity index (χ2v) is 6.96. The van der Waals surface area contributed by atoms with E-state index in [4.69, 9.17) is 16.3 Å². The van der Waals surface area contributed by atoms with Crippen LogP contribution < -0.4 is 4.74 Å². The van der Waals surface area contributed by atoms with E-state index < -0.39 is 0 Å². The minimum Gasteiger partial charge on any atom is -0.490 e. The third-order valence-electron chi connectivity index (χ3n) is 3.45. The molecule has 6 heteroatoms. The van der Waals surface area contributed by atoms with Crippen molar-refractivity contribution in [2.24, 2.45) is 0 Å². The Kier molecular flexibility index (Phi) is 3.47. The summed E-state index contributed by atoms with van der Waals surface area (Å²) in [7, 11) is 0. The smallest absolute Gasteiger partial charge is 0.154 e. The number of fused-ring (bicyclic) bond motifs is 2. The van der Waals surface area contributed by atoms with E-state index in [1.165, 1.54) is 0 Å². The van der Waals surface area contributed by atoms with E-state index in [1.807, 2.05) is 38.2 Å². The molecule has 0 spiro atoms. The van der Waals surface area contributed by atoms with E-state index in [2.05, 4.69) is 22.2 Å². The quantitative estimate of drug-likeness (QED) is 0.522. The first-order chi connectivity index (χ1) is 11.1. The van der Waals surface area contributed by atoms with Crippen molar-refractivity contribution in [3.05, 3.63) is 47.7 Å². The summed E-state index contributed by atoms with van der Waals surface area (Å²) in [5, 5.41) is 5.95. The second-order valence-electron chi connectivity index (χ2n) is 5.52. The standard InChI is InChI=1S/C17H14ClN3OS/c1-10(2)22-13-5-3-4-11-8-14(23-17(11)13)12-9-19-16-7-6-15(18)20-21(12)16/h3-10H,1-2H3. The van der Waals surface area contributed by atoms with Gasteiger partial charge in [-0.15, -0.1) is 11.3 Å². The van der Waals surface area contributed by atoms with Crippen molar-refractivity contribution in [2.45, 2.75) is 20.0 Å². The molecule has 0 aliphatic rings. The number of ether oxygens (including phenoxy) is 1. The lowest BCUT2D eigenvalue weighted by Crippen LogP contribution is -2.05. The zero-order valence-electron chi connectivity index (χ0n) is 12.7. The van der Waals surface area contributed by atoms with E-state index in [1.54, 1.807) is 21.9 Å². The third kappa shape index (κ3) is 2.56. The highest BCUT2D eigenvalue weighted by Crippen LogP contribution is 2.38. The molecular weight excluding hydrogens is 330 g/mol. The van der Waals surface area contributed by atoms with Crippen LogP contribution in [0.15, 0.2) is 42.6 Å². The summed E-state index contributed by atoms with van der Waals surface area (Å²) >= 11 is 7.70. The summed E-state index contributed by atoms with van der Waals surface area (Å²) < 4.78 is 8.82. The van der Waals surface area contributed by atoms with Crippen LogP contribution in [0.2, 0.25) is 5.15 Å². The summed E-state index contributed by atoms with van der Waals surface area (Å²) in [6.45, 7) is 4.06. The molecule has 116 valence electrons. The topological polar surface area (TPSA) is 39.4 Å². The molecule has 0 N–H and O–H groups in total. The zero-order valence-corrected chi connectivity index (χ0v) is 14.2. The van der Waals surface area contributed by atoms with Gasteiger partial charge in [-0.25, -0.2) is 9.50 Å². The van der Waals surface area contributed by atoms with Gasteiger partial charge in [-0.2, -0.15) is 5.10 Å². The average molecular weight is 344 g/mol. The molecule has 1 aromatic carbocycles. The fraction of sp³-hybridized carbons (Fsp3) is 0.176. The Labute approximate surface area is 142 Å². The van der Waals surface area contributed by atoms with Gasteiger partial charge in [0.15, 0.2) is 5.65 Å². The zero-order chi connectivity index (χ0) is 16.0. The highest BCUT2D eigenvalue weighted by molar-refractivity contribution is 7.22. The van der Waals surface area contributed by atoms with Crippen LogP contribution in [0, 0.1) is 0 Å². The molecule has 23 heavy (non-hydrogen) atoms. The van der Waals surface area contributed by atoms with Gasteiger partial charge in [0.1, 0.15) is 16.6 Å². The van der Waals surface area contributed by atoms with Crippen molar-refractivity contribution in [1.82, 2.24) is 14.6 Å². The Morgan fingerprint density at radius 3 is 2.91 bits per heavy atom. The Morgan fingerprint density at radius 1 is 1.22 bits per heavy atom. The fourth-order valence-corrected chi connectivity index (χ4v) is 3.78. The first-order valence-corrected chi connectivity index (χ1v) is 8.51. The molecule has 0 radical (unpaired) electrons. The lowest BCUT2D eigenvalue weighted by Gasteiger charge is -2.09. The number of benzene rings is 1. The van der Waals surface area contributed by atoms with E-state index >= 15 is 0 Å². The largest absolute Gasteiger partial charge is 0.490 e. The van der Waals surface area contributed by atoms with Crippen LogP contribution in [0.3, 0.4) is 0 Å². The molecule has 0 atom stereocenters. The van der Waals surface area contributed by atoms with Gasteiger partial charge in [0, 0.05) is 0 Å². The van der Waals surface area contributed by atoms with Crippen LogP contribution in [0.5, 0.6) is 5.75 Å². The Hall–Kier alpha value is -2.11. The van der Waals surface area contributed by atoms with E-state index in [0.717, 1.165) is 32.1 Å². The first kappa shape index (κ1) is 14.5. The molecule has 4 rings (SSSR count). The number of nitrogens with zero attached hydrogens (tertiary/aromatic N) is 3. The molecule has 0 aliphatic carbocycles. The molecule has 0 saturated heterocycles. The summed E-state index contributed by atoms with van der Waals surface area (Å²) in [5.74, 6) is 0.911. The molecule has 0 saturated carbocycles. The first-order valence-electron chi connectivity index (χ1n) is 7.32. The summed E-state index contributed by atoms with van der Waals surface area (Å²) in [6.07, 6.45) is 1.97. The van der Waals surface area contributed by atoms with Crippen LogP contribution in [0.4, 0.5) is 0 Å². The minimum atomic E-state index is 0.141. The summed E-state index contributed by atoms with van der Waals surface area (Å²) in [4.78, 5) is 5.48. The normalized spacial score (nSPS) is 11.7. The number of thiophene rings is 1. The molecule has 0 unspecified atom stereocenters. The molecule has 4 nitrogen and oxygen atoms in total. The number of aromatic nitrogens is 3. The fourth-order valence-electron chi connectivity index (χ4n) is 2.53. The van der Waals surface area contributed by atoms with Crippen molar-refractivity contribution in [1.29, 1.82) is 0 Å². The van der Waals surface area contributed by atoms with Crippen molar-refractivity contribution >= 4 is 38.7 Å². The maximum atomic E-state index is 6.02. The van der Waals surface area contributed by atoms with Crippen molar-refractivity contribution in [3.8, 4) is 16.3 Å². The number of halogens is 1. The molecule has 4 aromatic rings. The number of imidazole rings is 1. The lowest BCUT2D eigenvalue weighted by molar-refractivity contribution is 0.246. The minimum absolute atomic E-state index is 0.141. The molecule has 0 fully saturated rings. The summed E-state index contributed by atoms with van der Waals surface area (Å²) in [5.41, 5.74) is 1.71. The predicted molar refractivity (Wildman–Crippen MR) is 94.6 cm³/mol. The SMILES string of the molecule is CC(C)Oc1cccc2cc(-c3cnc4ccc(Cl)nn34)sc12. The van der Waals surface area contributed by atoms with Gasteiger partial charge in [-0.3, -0.25) is 0 Å². The Bertz CT molecular complexity index is 1010. The van der Waals surface area contributed by atoms with E-state index in [9.17, 15) is 0 Å². The van der Waals surface area contributed by atoms with Crippen LogP contribution >= 0.6 is 22.9 Å². The second kappa shape index (κ2) is 5.51. The van der Waals surface area contributed by atoms with E-state index in [0.29, 0.717) is 5.15 Å². The van der Waals surface area contributed by atoms with Gasteiger partial charge >= 0.3 is 0 Å². The number of rotatable bonds is 3. The van der Waals surface area contributed by atoms with Crippen molar-refractivity contribution in [3.63, 3.8) is 0 Å². The molecule has 0 aliphatic heterocycles. The van der Waals surface area contributed by atoms with Crippen molar-refractivity contribution in [2.75, 3.05) is 0 Å². The van der Waals surface area contributed by atoms with Gasteiger partial charge < -0.3 is 4.74 Å². The van der Waals surface area contributed by atoms with Gasteiger partial charge in [0.25, 0.3) is 0 Å². The average Bonchev–Trinajstić information content (AvgIpc) is 3.10. The molecule has 3 aromatic heterocycles. The lowest BCUT2D eigenvalue weighted by atomic mass is 10.2. The maximum absolute atomic E-state index is 6.02. The van der Waals surface area contributed by atoms with Gasteiger partial charge in [-0.05, 0) is 43.5 Å². The van der Waals surface area contributed by atoms with Crippen LogP contribution in [0.1, 0.15) is 13.8 Å². The monoisotopic (exact) mass is 343 g/mol.